The lowest BCUT2D eigenvalue weighted by atomic mass is 10.2. The molecule has 2 rings (SSSR count). The highest BCUT2D eigenvalue weighted by molar-refractivity contribution is 5.27. The first-order chi connectivity index (χ1) is 8.49. The predicted molar refractivity (Wildman–Crippen MR) is 69.8 cm³/mol. The van der Waals surface area contributed by atoms with Gasteiger partial charge in [-0.05, 0) is 26.3 Å². The van der Waals surface area contributed by atoms with Crippen molar-refractivity contribution in [3.8, 4) is 6.01 Å². The van der Waals surface area contributed by atoms with Crippen LogP contribution in [0.3, 0.4) is 0 Å². The van der Waals surface area contributed by atoms with Gasteiger partial charge in [0.05, 0.1) is 11.4 Å². The highest BCUT2D eigenvalue weighted by Gasteiger charge is 2.13. The second-order valence-electron chi connectivity index (χ2n) is 4.86. The van der Waals surface area contributed by atoms with Crippen LogP contribution in [-0.2, 0) is 6.54 Å². The van der Waals surface area contributed by atoms with E-state index in [0.717, 1.165) is 17.1 Å². The fourth-order valence-corrected chi connectivity index (χ4v) is 1.69. The Morgan fingerprint density at radius 3 is 2.61 bits per heavy atom. The highest BCUT2D eigenvalue weighted by Crippen LogP contribution is 2.16. The third-order valence-corrected chi connectivity index (χ3v) is 3.07. The second kappa shape index (κ2) is 4.94. The van der Waals surface area contributed by atoms with E-state index in [1.165, 1.54) is 5.56 Å². The molecule has 2 heterocycles. The van der Waals surface area contributed by atoms with Crippen LogP contribution in [0.2, 0.25) is 0 Å². The first kappa shape index (κ1) is 12.8. The first-order valence-corrected chi connectivity index (χ1v) is 6.20. The number of oxazole rings is 1. The van der Waals surface area contributed by atoms with Gasteiger partial charge in [-0.1, -0.05) is 13.8 Å². The van der Waals surface area contributed by atoms with E-state index in [4.69, 9.17) is 4.42 Å². The summed E-state index contributed by atoms with van der Waals surface area (Å²) in [7, 11) is 0. The minimum atomic E-state index is 0.432. The quantitative estimate of drug-likeness (QED) is 0.902. The molecular weight excluding hydrogens is 228 g/mol. The summed E-state index contributed by atoms with van der Waals surface area (Å²) in [5.41, 5.74) is 4.14. The van der Waals surface area contributed by atoms with Crippen molar-refractivity contribution in [2.24, 2.45) is 0 Å². The van der Waals surface area contributed by atoms with E-state index < -0.39 is 0 Å². The average Bonchev–Trinajstić information content (AvgIpc) is 2.87. The molecule has 5 heteroatoms. The van der Waals surface area contributed by atoms with Crippen molar-refractivity contribution in [2.45, 2.75) is 47.2 Å². The summed E-state index contributed by atoms with van der Waals surface area (Å²) in [4.78, 5) is 4.44. The van der Waals surface area contributed by atoms with Crippen LogP contribution in [0.4, 0.5) is 0 Å². The van der Waals surface area contributed by atoms with Gasteiger partial charge in [0, 0.05) is 18.3 Å². The second-order valence-corrected chi connectivity index (χ2v) is 4.86. The molecule has 0 aliphatic carbocycles. The lowest BCUT2D eigenvalue weighted by Crippen LogP contribution is -2.22. The lowest BCUT2D eigenvalue weighted by molar-refractivity contribution is 0.503. The molecule has 2 aromatic heterocycles. The van der Waals surface area contributed by atoms with Gasteiger partial charge in [0.15, 0.2) is 0 Å². The Balaban J connectivity index is 2.21. The van der Waals surface area contributed by atoms with Crippen molar-refractivity contribution in [3.63, 3.8) is 0 Å². The molecular formula is C13H20N4O. The molecule has 0 saturated heterocycles. The molecule has 0 aromatic carbocycles. The predicted octanol–water partition coefficient (Wildman–Crippen LogP) is 2.28. The van der Waals surface area contributed by atoms with Gasteiger partial charge >= 0.3 is 6.01 Å². The van der Waals surface area contributed by atoms with Gasteiger partial charge in [-0.2, -0.15) is 14.8 Å². The molecule has 1 N–H and O–H groups in total. The van der Waals surface area contributed by atoms with Crippen LogP contribution in [0.1, 0.15) is 36.5 Å². The molecule has 0 spiro atoms. The van der Waals surface area contributed by atoms with E-state index in [9.17, 15) is 0 Å². The summed E-state index contributed by atoms with van der Waals surface area (Å²) in [5.74, 6) is 0. The van der Waals surface area contributed by atoms with E-state index >= 15 is 0 Å². The Morgan fingerprint density at radius 1 is 1.33 bits per heavy atom. The van der Waals surface area contributed by atoms with E-state index in [-0.39, 0.29) is 0 Å². The summed E-state index contributed by atoms with van der Waals surface area (Å²) < 4.78 is 7.24. The number of rotatable bonds is 4. The number of hydrogen-bond acceptors (Lipinski definition) is 4. The van der Waals surface area contributed by atoms with Crippen molar-refractivity contribution in [3.05, 3.63) is 28.9 Å². The van der Waals surface area contributed by atoms with Crippen LogP contribution < -0.4 is 5.32 Å². The topological polar surface area (TPSA) is 55.9 Å². The highest BCUT2D eigenvalue weighted by atomic mass is 16.4. The average molecular weight is 248 g/mol. The summed E-state index contributed by atoms with van der Waals surface area (Å²) in [6, 6.07) is 0.963. The third-order valence-electron chi connectivity index (χ3n) is 3.07. The summed E-state index contributed by atoms with van der Waals surface area (Å²) in [5, 5.41) is 7.73. The zero-order chi connectivity index (χ0) is 13.3. The van der Waals surface area contributed by atoms with Gasteiger partial charge in [0.1, 0.15) is 6.26 Å². The fourth-order valence-electron chi connectivity index (χ4n) is 1.69. The summed E-state index contributed by atoms with van der Waals surface area (Å²) in [6.45, 7) is 11.0. The van der Waals surface area contributed by atoms with Crippen molar-refractivity contribution in [2.75, 3.05) is 0 Å². The first-order valence-electron chi connectivity index (χ1n) is 6.20. The fraction of sp³-hybridized carbons (Fsp3) is 0.538. The zero-order valence-electron chi connectivity index (χ0n) is 11.6. The van der Waals surface area contributed by atoms with Gasteiger partial charge in [0.2, 0.25) is 0 Å². The van der Waals surface area contributed by atoms with Gasteiger partial charge in [0.25, 0.3) is 0 Å². The normalized spacial score (nSPS) is 11.4. The number of nitrogens with zero attached hydrogens (tertiary/aromatic N) is 3. The third kappa shape index (κ3) is 2.46. The maximum Gasteiger partial charge on any atom is 0.323 e. The van der Waals surface area contributed by atoms with Crippen molar-refractivity contribution in [1.82, 2.24) is 20.1 Å². The molecule has 18 heavy (non-hydrogen) atoms. The van der Waals surface area contributed by atoms with Gasteiger partial charge in [-0.3, -0.25) is 0 Å². The molecule has 0 bridgehead atoms. The van der Waals surface area contributed by atoms with E-state index in [0.29, 0.717) is 18.6 Å². The zero-order valence-corrected chi connectivity index (χ0v) is 11.6. The van der Waals surface area contributed by atoms with Gasteiger partial charge in [-0.15, -0.1) is 0 Å². The van der Waals surface area contributed by atoms with Crippen LogP contribution in [0.15, 0.2) is 10.7 Å². The van der Waals surface area contributed by atoms with Crippen LogP contribution >= 0.6 is 0 Å². The Bertz CT molecular complexity index is 539. The molecule has 0 atom stereocenters. The molecule has 0 aliphatic rings. The Hall–Kier alpha value is -1.62. The SMILES string of the molecule is Cc1nn(-c2nc(CNC(C)C)co2)c(C)c1C. The molecule has 2 aromatic rings. The smallest absolute Gasteiger partial charge is 0.323 e. The number of nitrogens with one attached hydrogen (secondary N) is 1. The summed E-state index contributed by atoms with van der Waals surface area (Å²) >= 11 is 0. The largest absolute Gasteiger partial charge is 0.430 e. The number of hydrogen-bond donors (Lipinski definition) is 1. The van der Waals surface area contributed by atoms with Gasteiger partial charge < -0.3 is 9.73 Å². The molecule has 0 saturated carbocycles. The standard InChI is InChI=1S/C13H20N4O/c1-8(2)14-6-12-7-18-13(15-12)17-11(5)9(3)10(4)16-17/h7-8,14H,6H2,1-5H3. The molecule has 0 fully saturated rings. The lowest BCUT2D eigenvalue weighted by Gasteiger charge is -2.04. The van der Waals surface area contributed by atoms with Crippen LogP contribution in [0.5, 0.6) is 0 Å². The van der Waals surface area contributed by atoms with Crippen LogP contribution in [-0.4, -0.2) is 20.8 Å². The van der Waals surface area contributed by atoms with Crippen LogP contribution in [0, 0.1) is 20.8 Å². The van der Waals surface area contributed by atoms with Crippen molar-refractivity contribution >= 4 is 0 Å². The molecule has 0 aliphatic heterocycles. The van der Waals surface area contributed by atoms with E-state index in [1.807, 2.05) is 13.8 Å². The van der Waals surface area contributed by atoms with Crippen molar-refractivity contribution < 1.29 is 4.42 Å². The molecule has 0 radical (unpaired) electrons. The number of aromatic nitrogens is 3. The minimum Gasteiger partial charge on any atom is -0.430 e. The molecule has 5 nitrogen and oxygen atoms in total. The molecule has 98 valence electrons. The summed E-state index contributed by atoms with van der Waals surface area (Å²) in [6.07, 6.45) is 1.68. The maximum absolute atomic E-state index is 5.48. The number of aryl methyl sites for hydroxylation is 1. The monoisotopic (exact) mass is 248 g/mol. The maximum atomic E-state index is 5.48. The van der Waals surface area contributed by atoms with E-state index in [1.54, 1.807) is 10.9 Å². The Kier molecular flexibility index (Phi) is 3.52. The molecule has 0 amide bonds. The van der Waals surface area contributed by atoms with E-state index in [2.05, 4.69) is 36.2 Å². The minimum absolute atomic E-state index is 0.432. The Labute approximate surface area is 107 Å². The van der Waals surface area contributed by atoms with Crippen molar-refractivity contribution in [1.29, 1.82) is 0 Å². The molecule has 0 unspecified atom stereocenters. The Morgan fingerprint density at radius 2 is 2.06 bits per heavy atom. The van der Waals surface area contributed by atoms with Crippen LogP contribution in [0.25, 0.3) is 6.01 Å². The van der Waals surface area contributed by atoms with Gasteiger partial charge in [-0.25, -0.2) is 0 Å².